The minimum absolute atomic E-state index is 0.106. The zero-order valence-electron chi connectivity index (χ0n) is 11.0. The number of hydrogen-bond donors (Lipinski definition) is 0. The number of Topliss-reactive ketones (excluding diaryl/α,β-unsaturated/α-hetero) is 1. The Morgan fingerprint density at radius 2 is 2.12 bits per heavy atom. The molecule has 0 bridgehead atoms. The van der Waals surface area contributed by atoms with Gasteiger partial charge in [-0.25, -0.2) is 0 Å². The predicted octanol–water partition coefficient (Wildman–Crippen LogP) is 2.31. The van der Waals surface area contributed by atoms with Gasteiger partial charge in [0.25, 0.3) is 0 Å². The Bertz CT molecular complexity index is 424. The molecule has 96 valence electrons. The molecule has 0 aliphatic carbocycles. The van der Waals surface area contributed by atoms with Crippen LogP contribution in [0.5, 0.6) is 0 Å². The van der Waals surface area contributed by atoms with E-state index >= 15 is 0 Å². The Balaban J connectivity index is 2.75. The van der Waals surface area contributed by atoms with Crippen molar-refractivity contribution in [1.29, 1.82) is 0 Å². The molecule has 1 aromatic rings. The van der Waals surface area contributed by atoms with Crippen molar-refractivity contribution in [2.75, 3.05) is 7.11 Å². The molecule has 0 saturated carbocycles. The predicted molar refractivity (Wildman–Crippen MR) is 67.4 cm³/mol. The zero-order chi connectivity index (χ0) is 13.2. The Morgan fingerprint density at radius 1 is 1.53 bits per heavy atom. The molecule has 0 spiro atoms. The highest BCUT2D eigenvalue weighted by molar-refractivity contribution is 6.30. The molecule has 0 aromatic carbocycles. The summed E-state index contributed by atoms with van der Waals surface area (Å²) in [5.41, 5.74) is 1.19. The van der Waals surface area contributed by atoms with Crippen LogP contribution in [0.2, 0.25) is 5.15 Å². The molecule has 1 rings (SSSR count). The van der Waals surface area contributed by atoms with Crippen LogP contribution in [0.1, 0.15) is 31.5 Å². The lowest BCUT2D eigenvalue weighted by atomic mass is 9.98. The van der Waals surface area contributed by atoms with Gasteiger partial charge in [-0.1, -0.05) is 11.6 Å². The lowest BCUT2D eigenvalue weighted by molar-refractivity contribution is -0.123. The molecule has 4 nitrogen and oxygen atoms in total. The molecule has 0 aliphatic rings. The van der Waals surface area contributed by atoms with E-state index in [9.17, 15) is 4.79 Å². The van der Waals surface area contributed by atoms with Gasteiger partial charge in [0, 0.05) is 32.6 Å². The van der Waals surface area contributed by atoms with Gasteiger partial charge in [0.2, 0.25) is 0 Å². The molecule has 0 amide bonds. The Kier molecular flexibility index (Phi) is 4.33. The third-order valence-electron chi connectivity index (χ3n) is 2.82. The van der Waals surface area contributed by atoms with Crippen molar-refractivity contribution < 1.29 is 9.53 Å². The fourth-order valence-electron chi connectivity index (χ4n) is 1.68. The SMILES string of the molecule is COC(C)(C)CC(=O)Cc1c(C)nn(C)c1Cl. The van der Waals surface area contributed by atoms with Crippen LogP contribution in [-0.2, 0) is 23.0 Å². The summed E-state index contributed by atoms with van der Waals surface area (Å²) in [5.74, 6) is 0.106. The first-order chi connectivity index (χ1) is 7.76. The summed E-state index contributed by atoms with van der Waals surface area (Å²) in [5, 5.41) is 4.71. The highest BCUT2D eigenvalue weighted by Gasteiger charge is 2.23. The van der Waals surface area contributed by atoms with E-state index in [-0.39, 0.29) is 5.78 Å². The number of carbonyl (C=O) groups is 1. The Hall–Kier alpha value is -0.870. The van der Waals surface area contributed by atoms with E-state index in [0.717, 1.165) is 11.3 Å². The summed E-state index contributed by atoms with van der Waals surface area (Å²) in [7, 11) is 3.37. The lowest BCUT2D eigenvalue weighted by Gasteiger charge is -2.21. The summed E-state index contributed by atoms with van der Waals surface area (Å²) in [6.45, 7) is 5.64. The number of carbonyl (C=O) groups excluding carboxylic acids is 1. The molecule has 1 heterocycles. The van der Waals surface area contributed by atoms with E-state index in [0.29, 0.717) is 18.0 Å². The number of hydrogen-bond acceptors (Lipinski definition) is 3. The number of aromatic nitrogens is 2. The van der Waals surface area contributed by atoms with Gasteiger partial charge in [-0.15, -0.1) is 0 Å². The number of methoxy groups -OCH3 is 1. The van der Waals surface area contributed by atoms with Gasteiger partial charge in [0.1, 0.15) is 10.9 Å². The van der Waals surface area contributed by atoms with Crippen molar-refractivity contribution in [2.45, 2.75) is 39.2 Å². The Morgan fingerprint density at radius 3 is 2.53 bits per heavy atom. The van der Waals surface area contributed by atoms with Gasteiger partial charge in [-0.3, -0.25) is 9.48 Å². The minimum atomic E-state index is -0.431. The van der Waals surface area contributed by atoms with E-state index in [1.54, 1.807) is 18.8 Å². The topological polar surface area (TPSA) is 44.1 Å². The first-order valence-corrected chi connectivity index (χ1v) is 5.89. The molecule has 1 aromatic heterocycles. The van der Waals surface area contributed by atoms with Crippen molar-refractivity contribution in [3.8, 4) is 0 Å². The van der Waals surface area contributed by atoms with Gasteiger partial charge in [-0.2, -0.15) is 5.10 Å². The summed E-state index contributed by atoms with van der Waals surface area (Å²) in [6, 6.07) is 0. The maximum Gasteiger partial charge on any atom is 0.140 e. The average Bonchev–Trinajstić information content (AvgIpc) is 2.44. The smallest absolute Gasteiger partial charge is 0.140 e. The molecule has 0 unspecified atom stereocenters. The maximum absolute atomic E-state index is 11.9. The number of nitrogens with zero attached hydrogens (tertiary/aromatic N) is 2. The number of ketones is 1. The van der Waals surface area contributed by atoms with Crippen molar-refractivity contribution in [1.82, 2.24) is 9.78 Å². The molecular weight excluding hydrogens is 240 g/mol. The van der Waals surface area contributed by atoms with E-state index < -0.39 is 5.60 Å². The van der Waals surface area contributed by atoms with Gasteiger partial charge in [-0.05, 0) is 20.8 Å². The zero-order valence-corrected chi connectivity index (χ0v) is 11.8. The van der Waals surface area contributed by atoms with Crippen LogP contribution in [0.15, 0.2) is 0 Å². The van der Waals surface area contributed by atoms with E-state index in [1.807, 2.05) is 20.8 Å². The largest absolute Gasteiger partial charge is 0.378 e. The summed E-state index contributed by atoms with van der Waals surface area (Å²) in [6.07, 6.45) is 0.680. The second kappa shape index (κ2) is 5.19. The normalized spacial score (nSPS) is 11.9. The summed E-state index contributed by atoms with van der Waals surface area (Å²) >= 11 is 6.08. The second-order valence-corrected chi connectivity index (χ2v) is 5.19. The maximum atomic E-state index is 11.9. The van der Waals surface area contributed by atoms with Crippen LogP contribution in [0, 0.1) is 6.92 Å². The molecule has 0 fully saturated rings. The van der Waals surface area contributed by atoms with E-state index in [1.165, 1.54) is 0 Å². The number of halogens is 1. The molecule has 0 saturated heterocycles. The second-order valence-electron chi connectivity index (χ2n) is 4.83. The van der Waals surface area contributed by atoms with Gasteiger partial charge >= 0.3 is 0 Å². The third-order valence-corrected chi connectivity index (χ3v) is 3.29. The molecular formula is C12H19ClN2O2. The van der Waals surface area contributed by atoms with Crippen LogP contribution >= 0.6 is 11.6 Å². The highest BCUT2D eigenvalue weighted by atomic mass is 35.5. The monoisotopic (exact) mass is 258 g/mol. The van der Waals surface area contributed by atoms with Gasteiger partial charge < -0.3 is 4.74 Å². The minimum Gasteiger partial charge on any atom is -0.378 e. The highest BCUT2D eigenvalue weighted by Crippen LogP contribution is 2.21. The molecule has 0 aliphatic heterocycles. The quantitative estimate of drug-likeness (QED) is 0.814. The van der Waals surface area contributed by atoms with Crippen LogP contribution in [0.25, 0.3) is 0 Å². The average molecular weight is 259 g/mol. The summed E-state index contributed by atoms with van der Waals surface area (Å²) < 4.78 is 6.82. The van der Waals surface area contributed by atoms with Crippen LogP contribution in [0.3, 0.4) is 0 Å². The molecule has 5 heteroatoms. The van der Waals surface area contributed by atoms with Crippen molar-refractivity contribution in [2.24, 2.45) is 7.05 Å². The fourth-order valence-corrected chi connectivity index (χ4v) is 1.92. The van der Waals surface area contributed by atoms with E-state index in [4.69, 9.17) is 16.3 Å². The first kappa shape index (κ1) is 14.2. The summed E-state index contributed by atoms with van der Waals surface area (Å²) in [4.78, 5) is 11.9. The molecule has 0 radical (unpaired) electrons. The first-order valence-electron chi connectivity index (χ1n) is 5.51. The number of rotatable bonds is 5. The fraction of sp³-hybridized carbons (Fsp3) is 0.667. The van der Waals surface area contributed by atoms with E-state index in [2.05, 4.69) is 5.10 Å². The van der Waals surface area contributed by atoms with Crippen molar-refractivity contribution in [3.63, 3.8) is 0 Å². The lowest BCUT2D eigenvalue weighted by Crippen LogP contribution is -2.27. The van der Waals surface area contributed by atoms with Crippen molar-refractivity contribution >= 4 is 17.4 Å². The number of ether oxygens (including phenoxy) is 1. The van der Waals surface area contributed by atoms with Crippen LogP contribution in [0.4, 0.5) is 0 Å². The standard InChI is InChI=1S/C12H19ClN2O2/c1-8-10(11(13)15(4)14-8)6-9(16)7-12(2,3)17-5/h6-7H2,1-5H3. The molecule has 0 N–H and O–H groups in total. The molecule has 17 heavy (non-hydrogen) atoms. The van der Waals surface area contributed by atoms with Gasteiger partial charge in [0.15, 0.2) is 0 Å². The Labute approximate surface area is 107 Å². The van der Waals surface area contributed by atoms with Crippen LogP contribution < -0.4 is 0 Å². The number of aryl methyl sites for hydroxylation is 2. The van der Waals surface area contributed by atoms with Gasteiger partial charge in [0.05, 0.1) is 11.3 Å². The molecule has 0 atom stereocenters. The third kappa shape index (κ3) is 3.54. The van der Waals surface area contributed by atoms with Crippen molar-refractivity contribution in [3.05, 3.63) is 16.4 Å². The van der Waals surface area contributed by atoms with Crippen LogP contribution in [-0.4, -0.2) is 28.3 Å².